The van der Waals surface area contributed by atoms with E-state index >= 15 is 0 Å². The molecule has 1 aliphatic rings. The maximum atomic E-state index is 11.2. The Morgan fingerprint density at radius 3 is 3.11 bits per heavy atom. The first kappa shape index (κ1) is 14.7. The molecule has 0 aliphatic heterocycles. The summed E-state index contributed by atoms with van der Waals surface area (Å²) in [6, 6.07) is 0.501. The first-order chi connectivity index (χ1) is 9.22. The van der Waals surface area contributed by atoms with E-state index in [2.05, 4.69) is 21.3 Å². The summed E-state index contributed by atoms with van der Waals surface area (Å²) in [4.78, 5) is 15.7. The topological polar surface area (TPSA) is 51.2 Å². The van der Waals surface area contributed by atoms with Crippen LogP contribution in [0.2, 0.25) is 0 Å². The van der Waals surface area contributed by atoms with Crippen molar-refractivity contribution >= 4 is 34.2 Å². The minimum atomic E-state index is -0.239. The Morgan fingerprint density at radius 1 is 1.58 bits per heavy atom. The molecular formula is C13H20N2O2S2. The number of carbonyl (C=O) groups is 1. The number of hydrogen-bond donors (Lipinski definition) is 1. The van der Waals surface area contributed by atoms with Crippen LogP contribution in [0.25, 0.3) is 0 Å². The minimum Gasteiger partial charge on any atom is -0.469 e. The molecule has 0 aromatic carbocycles. The lowest BCUT2D eigenvalue weighted by molar-refractivity contribution is -0.139. The van der Waals surface area contributed by atoms with Gasteiger partial charge in [0.15, 0.2) is 5.13 Å². The van der Waals surface area contributed by atoms with E-state index in [-0.39, 0.29) is 12.4 Å². The van der Waals surface area contributed by atoms with Gasteiger partial charge < -0.3 is 10.1 Å². The number of anilines is 1. The summed E-state index contributed by atoms with van der Waals surface area (Å²) < 4.78 is 4.65. The Labute approximate surface area is 122 Å². The van der Waals surface area contributed by atoms with Crippen molar-refractivity contribution in [2.75, 3.05) is 18.7 Å². The van der Waals surface area contributed by atoms with Crippen LogP contribution >= 0.6 is 23.1 Å². The second-order valence-electron chi connectivity index (χ2n) is 4.71. The smallest absolute Gasteiger partial charge is 0.311 e. The molecule has 1 heterocycles. The van der Waals surface area contributed by atoms with Crippen LogP contribution in [0.3, 0.4) is 0 Å². The fourth-order valence-corrected chi connectivity index (χ4v) is 4.09. The average molecular weight is 300 g/mol. The number of hydrogen-bond acceptors (Lipinski definition) is 6. The van der Waals surface area contributed by atoms with Gasteiger partial charge in [0.25, 0.3) is 0 Å². The number of thioether (sulfide) groups is 1. The molecule has 106 valence electrons. The van der Waals surface area contributed by atoms with Crippen LogP contribution < -0.4 is 5.32 Å². The molecule has 4 nitrogen and oxygen atoms in total. The third-order valence-corrected chi connectivity index (χ3v) is 5.41. The summed E-state index contributed by atoms with van der Waals surface area (Å²) >= 11 is 3.50. The lowest BCUT2D eigenvalue weighted by atomic mass is 9.95. The van der Waals surface area contributed by atoms with E-state index in [1.165, 1.54) is 32.8 Å². The molecule has 1 aromatic rings. The molecule has 0 saturated heterocycles. The third kappa shape index (κ3) is 4.11. The number of thiazole rings is 1. The maximum Gasteiger partial charge on any atom is 0.311 e. The highest BCUT2D eigenvalue weighted by atomic mass is 32.2. The molecule has 6 heteroatoms. The van der Waals surface area contributed by atoms with Gasteiger partial charge in [-0.1, -0.05) is 12.8 Å². The summed E-state index contributed by atoms with van der Waals surface area (Å²) in [6.07, 6.45) is 7.53. The number of methoxy groups -OCH3 is 1. The first-order valence-corrected chi connectivity index (χ1v) is 8.70. The van der Waals surface area contributed by atoms with Crippen molar-refractivity contribution in [2.24, 2.45) is 0 Å². The molecule has 0 radical (unpaired) electrons. The van der Waals surface area contributed by atoms with E-state index in [9.17, 15) is 4.79 Å². The average Bonchev–Trinajstić information content (AvgIpc) is 2.86. The Hall–Kier alpha value is -0.750. The van der Waals surface area contributed by atoms with Gasteiger partial charge in [0.2, 0.25) is 0 Å². The molecule has 0 spiro atoms. The molecule has 1 saturated carbocycles. The Balaban J connectivity index is 1.93. The van der Waals surface area contributed by atoms with E-state index in [1.54, 1.807) is 11.3 Å². The Kier molecular flexibility index (Phi) is 5.51. The van der Waals surface area contributed by atoms with Crippen molar-refractivity contribution < 1.29 is 9.53 Å². The Morgan fingerprint density at radius 2 is 2.37 bits per heavy atom. The molecular weight excluding hydrogens is 280 g/mol. The normalized spacial score (nSPS) is 23.1. The zero-order valence-electron chi connectivity index (χ0n) is 11.3. The predicted molar refractivity (Wildman–Crippen MR) is 81.0 cm³/mol. The SMILES string of the molecule is COC(=O)Cc1csc(NC2CCCCC2SC)n1. The number of carbonyl (C=O) groups excluding carboxylic acids is 1. The molecule has 1 N–H and O–H groups in total. The zero-order chi connectivity index (χ0) is 13.7. The van der Waals surface area contributed by atoms with Gasteiger partial charge in [-0.05, 0) is 19.1 Å². The van der Waals surface area contributed by atoms with Crippen molar-refractivity contribution in [3.05, 3.63) is 11.1 Å². The standard InChI is InChI=1S/C13H20N2O2S2/c1-17-12(16)7-9-8-19-13(14-9)15-10-5-3-4-6-11(10)18-2/h8,10-11H,3-7H2,1-2H3,(H,14,15). The number of esters is 1. The van der Waals surface area contributed by atoms with E-state index in [4.69, 9.17) is 0 Å². The summed E-state index contributed by atoms with van der Waals surface area (Å²) in [5.74, 6) is -0.239. The van der Waals surface area contributed by atoms with Gasteiger partial charge in [-0.3, -0.25) is 4.79 Å². The van der Waals surface area contributed by atoms with Gasteiger partial charge in [0.05, 0.1) is 19.2 Å². The molecule has 1 fully saturated rings. The number of nitrogens with zero attached hydrogens (tertiary/aromatic N) is 1. The van der Waals surface area contributed by atoms with Crippen molar-refractivity contribution in [1.82, 2.24) is 4.98 Å². The Bertz CT molecular complexity index is 423. The number of nitrogens with one attached hydrogen (secondary N) is 1. The summed E-state index contributed by atoms with van der Waals surface area (Å²) in [6.45, 7) is 0. The van der Waals surface area contributed by atoms with Gasteiger partial charge in [-0.2, -0.15) is 11.8 Å². The third-order valence-electron chi connectivity index (χ3n) is 3.42. The highest BCUT2D eigenvalue weighted by Crippen LogP contribution is 2.30. The fourth-order valence-electron chi connectivity index (χ4n) is 2.38. The van der Waals surface area contributed by atoms with E-state index in [1.807, 2.05) is 17.1 Å². The zero-order valence-corrected chi connectivity index (χ0v) is 13.0. The van der Waals surface area contributed by atoms with Crippen LogP contribution in [0.15, 0.2) is 5.38 Å². The largest absolute Gasteiger partial charge is 0.469 e. The van der Waals surface area contributed by atoms with Crippen LogP contribution in [0, 0.1) is 0 Å². The van der Waals surface area contributed by atoms with Crippen LogP contribution in [-0.2, 0) is 16.0 Å². The fraction of sp³-hybridized carbons (Fsp3) is 0.692. The monoisotopic (exact) mass is 300 g/mol. The minimum absolute atomic E-state index is 0.239. The lowest BCUT2D eigenvalue weighted by Gasteiger charge is -2.30. The molecule has 19 heavy (non-hydrogen) atoms. The maximum absolute atomic E-state index is 11.2. The van der Waals surface area contributed by atoms with Crippen molar-refractivity contribution in [1.29, 1.82) is 0 Å². The van der Waals surface area contributed by atoms with Crippen LogP contribution in [0.5, 0.6) is 0 Å². The quantitative estimate of drug-likeness (QED) is 0.847. The number of ether oxygens (including phenoxy) is 1. The van der Waals surface area contributed by atoms with Gasteiger partial charge >= 0.3 is 5.97 Å². The highest BCUT2D eigenvalue weighted by molar-refractivity contribution is 7.99. The highest BCUT2D eigenvalue weighted by Gasteiger charge is 2.24. The summed E-state index contributed by atoms with van der Waals surface area (Å²) in [7, 11) is 1.40. The van der Waals surface area contributed by atoms with Crippen molar-refractivity contribution in [3.63, 3.8) is 0 Å². The van der Waals surface area contributed by atoms with E-state index in [0.29, 0.717) is 11.3 Å². The van der Waals surface area contributed by atoms with Gasteiger partial charge in [0.1, 0.15) is 0 Å². The second-order valence-corrected chi connectivity index (χ2v) is 6.64. The second kappa shape index (κ2) is 7.14. The van der Waals surface area contributed by atoms with Crippen LogP contribution in [0.4, 0.5) is 5.13 Å². The molecule has 0 bridgehead atoms. The van der Waals surface area contributed by atoms with Gasteiger partial charge in [0, 0.05) is 16.7 Å². The number of aromatic nitrogens is 1. The van der Waals surface area contributed by atoms with Gasteiger partial charge in [-0.25, -0.2) is 4.98 Å². The number of rotatable bonds is 5. The van der Waals surface area contributed by atoms with Crippen molar-refractivity contribution in [2.45, 2.75) is 43.4 Å². The lowest BCUT2D eigenvalue weighted by Crippen LogP contribution is -2.34. The first-order valence-electron chi connectivity index (χ1n) is 6.53. The predicted octanol–water partition coefficient (Wildman–Crippen LogP) is 2.94. The summed E-state index contributed by atoms with van der Waals surface area (Å²) in [5, 5.41) is 7.04. The molecule has 1 aliphatic carbocycles. The van der Waals surface area contributed by atoms with Crippen LogP contribution in [0.1, 0.15) is 31.4 Å². The molecule has 2 unspecified atom stereocenters. The van der Waals surface area contributed by atoms with Gasteiger partial charge in [-0.15, -0.1) is 11.3 Å². The van der Waals surface area contributed by atoms with Crippen LogP contribution in [-0.4, -0.2) is 35.6 Å². The molecule has 2 atom stereocenters. The molecule has 1 aromatic heterocycles. The van der Waals surface area contributed by atoms with E-state index < -0.39 is 0 Å². The van der Waals surface area contributed by atoms with Crippen molar-refractivity contribution in [3.8, 4) is 0 Å². The molecule has 2 rings (SSSR count). The summed E-state index contributed by atoms with van der Waals surface area (Å²) in [5.41, 5.74) is 0.788. The van der Waals surface area contributed by atoms with E-state index in [0.717, 1.165) is 10.8 Å². The molecule has 0 amide bonds.